The number of amides is 1. The topological polar surface area (TPSA) is 20.3 Å². The van der Waals surface area contributed by atoms with Crippen molar-refractivity contribution < 1.29 is 18.0 Å². The van der Waals surface area contributed by atoms with E-state index in [9.17, 15) is 18.0 Å². The van der Waals surface area contributed by atoms with Gasteiger partial charge in [0.15, 0.2) is 0 Å². The van der Waals surface area contributed by atoms with E-state index < -0.39 is 12.7 Å². The van der Waals surface area contributed by atoms with Crippen LogP contribution in [0.2, 0.25) is 0 Å². The Morgan fingerprint density at radius 3 is 2.26 bits per heavy atom. The van der Waals surface area contributed by atoms with Gasteiger partial charge >= 0.3 is 6.18 Å². The highest BCUT2D eigenvalue weighted by molar-refractivity contribution is 6.18. The van der Waals surface area contributed by atoms with Crippen LogP contribution in [0.25, 0.3) is 0 Å². The molecule has 0 radical (unpaired) electrons. The number of hydrogen-bond acceptors (Lipinski definition) is 1. The van der Waals surface area contributed by atoms with E-state index in [-0.39, 0.29) is 24.2 Å². The van der Waals surface area contributed by atoms with Crippen LogP contribution in [0.3, 0.4) is 0 Å². The summed E-state index contributed by atoms with van der Waals surface area (Å²) in [6.07, 6.45) is -0.840. The largest absolute Gasteiger partial charge is 0.406 e. The maximum absolute atomic E-state index is 12.5. The number of carbonyl (C=O) groups excluding carboxylic acids is 1. The van der Waals surface area contributed by atoms with Crippen LogP contribution in [0.15, 0.2) is 0 Å². The summed E-state index contributed by atoms with van der Waals surface area (Å²) in [7, 11) is 0. The van der Waals surface area contributed by atoms with Crippen LogP contribution in [0.4, 0.5) is 13.2 Å². The van der Waals surface area contributed by atoms with Gasteiger partial charge in [-0.2, -0.15) is 13.2 Å². The average Bonchev–Trinajstić information content (AvgIpc) is 2.74. The summed E-state index contributed by atoms with van der Waals surface area (Å²) >= 11 is 5.52. The predicted octanol–water partition coefficient (Wildman–Crippen LogP) is 2.91. The number of carbonyl (C=O) groups is 1. The summed E-state index contributed by atoms with van der Waals surface area (Å²) in [4.78, 5) is 13.2. The Labute approximate surface area is 115 Å². The first-order valence-electron chi connectivity index (χ1n) is 6.84. The van der Waals surface area contributed by atoms with Crippen LogP contribution in [0.1, 0.15) is 19.3 Å². The minimum absolute atomic E-state index is 0.00876. The average molecular weight is 296 g/mol. The van der Waals surface area contributed by atoms with Crippen molar-refractivity contribution in [2.24, 2.45) is 29.6 Å². The summed E-state index contributed by atoms with van der Waals surface area (Å²) in [5, 5.41) is 0. The lowest BCUT2D eigenvalue weighted by molar-refractivity contribution is -0.162. The second-order valence-corrected chi connectivity index (χ2v) is 6.46. The minimum atomic E-state index is -4.34. The quantitative estimate of drug-likeness (QED) is 0.730. The SMILES string of the molecule is O=C(C1C2C3CCC(C3)C12)N(CCCl)CC(F)(F)F. The highest BCUT2D eigenvalue weighted by Gasteiger charge is 2.68. The molecular weight excluding hydrogens is 279 g/mol. The second kappa shape index (κ2) is 4.54. The lowest BCUT2D eigenvalue weighted by atomic mass is 10.0. The van der Waals surface area contributed by atoms with Crippen molar-refractivity contribution in [1.29, 1.82) is 0 Å². The van der Waals surface area contributed by atoms with E-state index in [0.717, 1.165) is 17.7 Å². The van der Waals surface area contributed by atoms with Crippen LogP contribution >= 0.6 is 11.6 Å². The zero-order valence-corrected chi connectivity index (χ0v) is 11.3. The van der Waals surface area contributed by atoms with Gasteiger partial charge in [0.2, 0.25) is 5.91 Å². The Morgan fingerprint density at radius 1 is 1.21 bits per heavy atom. The molecule has 0 aromatic rings. The van der Waals surface area contributed by atoms with E-state index in [2.05, 4.69) is 0 Å². The summed E-state index contributed by atoms with van der Waals surface area (Å²) in [6, 6.07) is 0. The fraction of sp³-hybridized carbons (Fsp3) is 0.923. The first-order chi connectivity index (χ1) is 8.92. The van der Waals surface area contributed by atoms with Gasteiger partial charge in [-0.25, -0.2) is 0 Å². The van der Waals surface area contributed by atoms with Crippen molar-refractivity contribution in [1.82, 2.24) is 4.90 Å². The molecular formula is C13H17ClF3NO. The summed E-state index contributed by atoms with van der Waals surface area (Å²) in [5.74, 6) is 1.52. The zero-order chi connectivity index (χ0) is 13.8. The molecule has 19 heavy (non-hydrogen) atoms. The number of hydrogen-bond donors (Lipinski definition) is 0. The van der Waals surface area contributed by atoms with Crippen LogP contribution in [0.5, 0.6) is 0 Å². The molecule has 6 heteroatoms. The molecule has 3 saturated carbocycles. The van der Waals surface area contributed by atoms with Crippen LogP contribution < -0.4 is 0 Å². The van der Waals surface area contributed by atoms with Gasteiger partial charge in [-0.1, -0.05) is 0 Å². The highest BCUT2D eigenvalue weighted by Crippen LogP contribution is 2.69. The van der Waals surface area contributed by atoms with Crippen LogP contribution in [-0.4, -0.2) is 36.0 Å². The molecule has 3 aliphatic carbocycles. The molecule has 0 aliphatic heterocycles. The molecule has 3 rings (SSSR count). The third-order valence-corrected chi connectivity index (χ3v) is 5.23. The molecule has 3 fully saturated rings. The number of alkyl halides is 4. The van der Waals surface area contributed by atoms with Crippen molar-refractivity contribution in [3.63, 3.8) is 0 Å². The lowest BCUT2D eigenvalue weighted by Crippen LogP contribution is -2.41. The maximum atomic E-state index is 12.5. The van der Waals surface area contributed by atoms with Crippen molar-refractivity contribution in [3.8, 4) is 0 Å². The summed E-state index contributed by atoms with van der Waals surface area (Å²) < 4.78 is 37.5. The number of halogens is 4. The van der Waals surface area contributed by atoms with Crippen molar-refractivity contribution >= 4 is 17.5 Å². The monoisotopic (exact) mass is 295 g/mol. The third-order valence-electron chi connectivity index (χ3n) is 5.06. The fourth-order valence-electron chi connectivity index (χ4n) is 4.45. The molecule has 2 bridgehead atoms. The molecule has 0 aromatic carbocycles. The van der Waals surface area contributed by atoms with Crippen LogP contribution in [-0.2, 0) is 4.79 Å². The van der Waals surface area contributed by atoms with Crippen molar-refractivity contribution in [2.45, 2.75) is 25.4 Å². The van der Waals surface area contributed by atoms with Crippen molar-refractivity contribution in [3.05, 3.63) is 0 Å². The molecule has 108 valence electrons. The first-order valence-corrected chi connectivity index (χ1v) is 7.37. The van der Waals surface area contributed by atoms with E-state index in [1.165, 1.54) is 6.42 Å². The summed E-state index contributed by atoms with van der Waals surface area (Å²) in [5.41, 5.74) is 0. The normalized spacial score (nSPS) is 39.3. The Balaban J connectivity index is 1.65. The maximum Gasteiger partial charge on any atom is 0.406 e. The van der Waals surface area contributed by atoms with Crippen LogP contribution in [0, 0.1) is 29.6 Å². The lowest BCUT2D eigenvalue weighted by Gasteiger charge is -2.24. The molecule has 0 spiro atoms. The smallest absolute Gasteiger partial charge is 0.332 e. The molecule has 2 nitrogen and oxygen atoms in total. The number of rotatable bonds is 4. The molecule has 0 heterocycles. The highest BCUT2D eigenvalue weighted by atomic mass is 35.5. The van der Waals surface area contributed by atoms with Gasteiger partial charge in [0, 0.05) is 18.3 Å². The minimum Gasteiger partial charge on any atom is -0.332 e. The third kappa shape index (κ3) is 2.34. The second-order valence-electron chi connectivity index (χ2n) is 6.08. The van der Waals surface area contributed by atoms with Gasteiger partial charge in [-0.3, -0.25) is 4.79 Å². The van der Waals surface area contributed by atoms with Gasteiger partial charge in [-0.15, -0.1) is 11.6 Å². The molecule has 4 unspecified atom stereocenters. The Bertz CT molecular complexity index is 371. The van der Waals surface area contributed by atoms with Gasteiger partial charge in [-0.05, 0) is 42.9 Å². The molecule has 0 aromatic heterocycles. The number of fused-ring (bicyclic) bond motifs is 5. The molecule has 0 saturated heterocycles. The molecule has 4 atom stereocenters. The van der Waals surface area contributed by atoms with E-state index in [1.54, 1.807) is 0 Å². The van der Waals surface area contributed by atoms with Gasteiger partial charge in [0.25, 0.3) is 0 Å². The molecule has 0 N–H and O–H groups in total. The first kappa shape index (κ1) is 13.5. The molecule has 1 amide bonds. The van der Waals surface area contributed by atoms with E-state index in [1.807, 2.05) is 0 Å². The summed E-state index contributed by atoms with van der Waals surface area (Å²) in [6.45, 7) is -1.17. The fourth-order valence-corrected chi connectivity index (χ4v) is 4.66. The van der Waals surface area contributed by atoms with E-state index >= 15 is 0 Å². The number of nitrogens with zero attached hydrogens (tertiary/aromatic N) is 1. The van der Waals surface area contributed by atoms with Gasteiger partial charge in [0.05, 0.1) is 0 Å². The Hall–Kier alpha value is -0.450. The van der Waals surface area contributed by atoms with E-state index in [0.29, 0.717) is 23.7 Å². The van der Waals surface area contributed by atoms with Gasteiger partial charge < -0.3 is 4.90 Å². The van der Waals surface area contributed by atoms with E-state index in [4.69, 9.17) is 11.6 Å². The molecule has 3 aliphatic rings. The zero-order valence-electron chi connectivity index (χ0n) is 10.5. The predicted molar refractivity (Wildman–Crippen MR) is 64.7 cm³/mol. The Morgan fingerprint density at radius 2 is 1.79 bits per heavy atom. The standard InChI is InChI=1S/C13H17ClF3NO/c14-3-4-18(6-13(15,16)17)12(19)11-9-7-1-2-8(5-7)10(9)11/h7-11H,1-6H2. The van der Waals surface area contributed by atoms with Crippen molar-refractivity contribution in [2.75, 3.05) is 19.0 Å². The Kier molecular flexibility index (Phi) is 3.23. The van der Waals surface area contributed by atoms with Gasteiger partial charge in [0.1, 0.15) is 6.54 Å².